The quantitative estimate of drug-likeness (QED) is 0.373. The number of benzene rings is 3. The summed E-state index contributed by atoms with van der Waals surface area (Å²) in [4.78, 5) is 27.1. The van der Waals surface area contributed by atoms with Crippen molar-refractivity contribution < 1.29 is 19.1 Å². The maximum absolute atomic E-state index is 13.5. The molecule has 144 valence electrons. The van der Waals surface area contributed by atoms with Gasteiger partial charge in [-0.25, -0.2) is 4.39 Å². The number of amides is 1. The lowest BCUT2D eigenvalue weighted by atomic mass is 9.95. The first-order chi connectivity index (χ1) is 14.0. The van der Waals surface area contributed by atoms with Gasteiger partial charge in [0.15, 0.2) is 0 Å². The summed E-state index contributed by atoms with van der Waals surface area (Å²) >= 11 is 5.91. The Morgan fingerprint density at radius 3 is 2.14 bits per heavy atom. The highest BCUT2D eigenvalue weighted by atomic mass is 35.5. The molecule has 1 atom stereocenters. The number of para-hydroxylation sites is 1. The Labute approximate surface area is 171 Å². The molecule has 1 aliphatic rings. The van der Waals surface area contributed by atoms with E-state index in [1.165, 1.54) is 29.2 Å². The molecule has 4 rings (SSSR count). The molecule has 1 heterocycles. The van der Waals surface area contributed by atoms with Gasteiger partial charge in [0.1, 0.15) is 11.6 Å². The van der Waals surface area contributed by atoms with Crippen molar-refractivity contribution in [3.8, 4) is 0 Å². The van der Waals surface area contributed by atoms with Crippen LogP contribution in [-0.2, 0) is 9.59 Å². The summed E-state index contributed by atoms with van der Waals surface area (Å²) in [5.74, 6) is -2.33. The third-order valence-electron chi connectivity index (χ3n) is 4.78. The van der Waals surface area contributed by atoms with Crippen molar-refractivity contribution in [3.05, 3.63) is 106 Å². The number of Topliss-reactive ketones (excluding diaryl/α,β-unsaturated/α-hetero) is 1. The Balaban J connectivity index is 1.94. The van der Waals surface area contributed by atoms with Crippen LogP contribution in [0.25, 0.3) is 5.76 Å². The van der Waals surface area contributed by atoms with Crippen LogP contribution in [0.1, 0.15) is 17.2 Å². The smallest absolute Gasteiger partial charge is 0.300 e. The van der Waals surface area contributed by atoms with Crippen molar-refractivity contribution in [2.75, 3.05) is 4.90 Å². The number of hydrogen-bond acceptors (Lipinski definition) is 3. The van der Waals surface area contributed by atoms with E-state index in [1.54, 1.807) is 54.6 Å². The molecule has 1 amide bonds. The molecule has 1 aliphatic heterocycles. The number of ketones is 1. The van der Waals surface area contributed by atoms with Crippen LogP contribution >= 0.6 is 11.6 Å². The third-order valence-corrected chi connectivity index (χ3v) is 5.03. The van der Waals surface area contributed by atoms with Crippen LogP contribution in [-0.4, -0.2) is 16.8 Å². The predicted octanol–water partition coefficient (Wildman–Crippen LogP) is 5.11. The van der Waals surface area contributed by atoms with Crippen molar-refractivity contribution >= 4 is 34.7 Å². The standard InChI is InChI=1S/C23H15ClFNO3/c24-16-10-6-15(7-11-16)21(27)19-20(14-8-12-17(25)13-9-14)26(23(29)22(19)28)18-4-2-1-3-5-18/h1-13,20,27H. The van der Waals surface area contributed by atoms with Gasteiger partial charge in [-0.15, -0.1) is 0 Å². The van der Waals surface area contributed by atoms with E-state index in [0.717, 1.165) is 0 Å². The lowest BCUT2D eigenvalue weighted by molar-refractivity contribution is -0.132. The van der Waals surface area contributed by atoms with E-state index in [4.69, 9.17) is 11.6 Å². The molecular weight excluding hydrogens is 393 g/mol. The lowest BCUT2D eigenvalue weighted by Crippen LogP contribution is -2.29. The number of carbonyl (C=O) groups is 2. The molecule has 0 aliphatic carbocycles. The second-order valence-corrected chi connectivity index (χ2v) is 7.00. The highest BCUT2D eigenvalue weighted by Crippen LogP contribution is 2.42. The van der Waals surface area contributed by atoms with Crippen molar-refractivity contribution in [1.82, 2.24) is 0 Å². The van der Waals surface area contributed by atoms with Crippen molar-refractivity contribution in [2.45, 2.75) is 6.04 Å². The molecular formula is C23H15ClFNO3. The van der Waals surface area contributed by atoms with Crippen LogP contribution in [0.15, 0.2) is 84.4 Å². The van der Waals surface area contributed by atoms with E-state index >= 15 is 0 Å². The molecule has 1 saturated heterocycles. The molecule has 4 nitrogen and oxygen atoms in total. The zero-order valence-electron chi connectivity index (χ0n) is 15.0. The van der Waals surface area contributed by atoms with Crippen LogP contribution in [0.4, 0.5) is 10.1 Å². The van der Waals surface area contributed by atoms with Crippen LogP contribution in [0, 0.1) is 5.82 Å². The molecule has 29 heavy (non-hydrogen) atoms. The van der Waals surface area contributed by atoms with Crippen LogP contribution in [0.2, 0.25) is 5.02 Å². The van der Waals surface area contributed by atoms with E-state index in [0.29, 0.717) is 21.8 Å². The van der Waals surface area contributed by atoms with Gasteiger partial charge in [0.05, 0.1) is 11.6 Å². The summed E-state index contributed by atoms with van der Waals surface area (Å²) in [5.41, 5.74) is 1.30. The minimum atomic E-state index is -0.895. The van der Waals surface area contributed by atoms with E-state index in [9.17, 15) is 19.1 Å². The number of nitrogens with zero attached hydrogens (tertiary/aromatic N) is 1. The first-order valence-corrected chi connectivity index (χ1v) is 9.22. The van der Waals surface area contributed by atoms with Crippen molar-refractivity contribution in [2.24, 2.45) is 0 Å². The van der Waals surface area contributed by atoms with Gasteiger partial charge in [0.25, 0.3) is 11.7 Å². The van der Waals surface area contributed by atoms with Gasteiger partial charge in [0, 0.05) is 16.3 Å². The SMILES string of the molecule is O=C1C(=O)N(c2ccccc2)C(c2ccc(F)cc2)C1=C(O)c1ccc(Cl)cc1. The minimum absolute atomic E-state index is 0.0622. The molecule has 1 unspecified atom stereocenters. The molecule has 0 aromatic heterocycles. The molecule has 0 saturated carbocycles. The summed E-state index contributed by atoms with van der Waals surface area (Å²) in [5, 5.41) is 11.4. The summed E-state index contributed by atoms with van der Waals surface area (Å²) < 4.78 is 13.5. The lowest BCUT2D eigenvalue weighted by Gasteiger charge is -2.25. The average Bonchev–Trinajstić information content (AvgIpc) is 3.00. The maximum atomic E-state index is 13.5. The maximum Gasteiger partial charge on any atom is 0.300 e. The van der Waals surface area contributed by atoms with Gasteiger partial charge >= 0.3 is 0 Å². The minimum Gasteiger partial charge on any atom is -0.507 e. The number of halogens is 2. The molecule has 0 spiro atoms. The fourth-order valence-corrected chi connectivity index (χ4v) is 3.54. The van der Waals surface area contributed by atoms with Gasteiger partial charge in [-0.1, -0.05) is 41.9 Å². The highest BCUT2D eigenvalue weighted by molar-refractivity contribution is 6.51. The molecule has 0 radical (unpaired) electrons. The summed E-state index contributed by atoms with van der Waals surface area (Å²) in [6.07, 6.45) is 0. The molecule has 3 aromatic carbocycles. The van der Waals surface area contributed by atoms with Crippen LogP contribution < -0.4 is 4.90 Å². The molecule has 1 fully saturated rings. The van der Waals surface area contributed by atoms with Crippen molar-refractivity contribution in [1.29, 1.82) is 0 Å². The number of rotatable bonds is 3. The van der Waals surface area contributed by atoms with Gasteiger partial charge in [0.2, 0.25) is 0 Å². The van der Waals surface area contributed by atoms with E-state index in [2.05, 4.69) is 0 Å². The zero-order chi connectivity index (χ0) is 20.5. The highest BCUT2D eigenvalue weighted by Gasteiger charge is 2.46. The number of aliphatic hydroxyl groups is 1. The Morgan fingerprint density at radius 1 is 0.897 bits per heavy atom. The van der Waals surface area contributed by atoms with Crippen molar-refractivity contribution in [3.63, 3.8) is 0 Å². The Kier molecular flexibility index (Phi) is 4.91. The fourth-order valence-electron chi connectivity index (χ4n) is 3.41. The number of anilines is 1. The number of aliphatic hydroxyl groups excluding tert-OH is 1. The summed E-state index contributed by atoms with van der Waals surface area (Å²) in [7, 11) is 0. The van der Waals surface area contributed by atoms with Gasteiger partial charge in [-0.2, -0.15) is 0 Å². The third kappa shape index (κ3) is 3.41. The zero-order valence-corrected chi connectivity index (χ0v) is 15.8. The Morgan fingerprint density at radius 2 is 1.52 bits per heavy atom. The van der Waals surface area contributed by atoms with Gasteiger partial charge < -0.3 is 5.11 Å². The molecule has 3 aromatic rings. The Hall–Kier alpha value is -3.44. The van der Waals surface area contributed by atoms with Crippen LogP contribution in [0.5, 0.6) is 0 Å². The average molecular weight is 408 g/mol. The summed E-state index contributed by atoms with van der Waals surface area (Å²) in [6, 6.07) is 19.6. The molecule has 6 heteroatoms. The Bertz CT molecular complexity index is 1110. The first-order valence-electron chi connectivity index (χ1n) is 8.85. The molecule has 0 bridgehead atoms. The number of hydrogen-bond donors (Lipinski definition) is 1. The van der Waals surface area contributed by atoms with E-state index < -0.39 is 23.5 Å². The predicted molar refractivity (Wildman–Crippen MR) is 109 cm³/mol. The van der Waals surface area contributed by atoms with E-state index in [1.807, 2.05) is 0 Å². The normalized spacial score (nSPS) is 18.3. The second kappa shape index (κ2) is 7.53. The van der Waals surface area contributed by atoms with Gasteiger partial charge in [-0.3, -0.25) is 14.5 Å². The monoisotopic (exact) mass is 407 g/mol. The number of carbonyl (C=O) groups excluding carboxylic acids is 2. The largest absolute Gasteiger partial charge is 0.507 e. The fraction of sp³-hybridized carbons (Fsp3) is 0.0435. The van der Waals surface area contributed by atoms with Crippen LogP contribution in [0.3, 0.4) is 0 Å². The summed E-state index contributed by atoms with van der Waals surface area (Å²) in [6.45, 7) is 0. The molecule has 1 N–H and O–H groups in total. The topological polar surface area (TPSA) is 57.6 Å². The first kappa shape index (κ1) is 18.9. The second-order valence-electron chi connectivity index (χ2n) is 6.56. The van der Waals surface area contributed by atoms with E-state index in [-0.39, 0.29) is 11.3 Å². The van der Waals surface area contributed by atoms with Gasteiger partial charge in [-0.05, 0) is 54.1 Å².